The van der Waals surface area contributed by atoms with E-state index in [0.717, 1.165) is 24.9 Å². The predicted molar refractivity (Wildman–Crippen MR) is 70.8 cm³/mol. The Hall–Kier alpha value is -1.24. The molecule has 0 spiro atoms. The number of H-pyrrole nitrogens is 1. The first-order valence-corrected chi connectivity index (χ1v) is 6.97. The molecule has 2 N–H and O–H groups in total. The van der Waals surface area contributed by atoms with Crippen LogP contribution in [0.3, 0.4) is 0 Å². The van der Waals surface area contributed by atoms with Gasteiger partial charge in [-0.15, -0.1) is 11.3 Å². The van der Waals surface area contributed by atoms with Crippen molar-refractivity contribution < 1.29 is 5.11 Å². The van der Waals surface area contributed by atoms with Crippen molar-refractivity contribution in [3.63, 3.8) is 0 Å². The monoisotopic (exact) mass is 265 g/mol. The molecule has 1 saturated heterocycles. The molecule has 0 radical (unpaired) electrons. The molecule has 0 amide bonds. The number of aliphatic hydroxyl groups excluding tert-OH is 1. The zero-order valence-corrected chi connectivity index (χ0v) is 10.7. The Morgan fingerprint density at radius 3 is 3.33 bits per heavy atom. The Morgan fingerprint density at radius 2 is 2.50 bits per heavy atom. The van der Waals surface area contributed by atoms with E-state index in [1.807, 2.05) is 11.4 Å². The third kappa shape index (κ3) is 2.07. The van der Waals surface area contributed by atoms with Crippen LogP contribution >= 0.6 is 11.3 Å². The molecule has 2 aromatic heterocycles. The van der Waals surface area contributed by atoms with Gasteiger partial charge >= 0.3 is 0 Å². The fourth-order valence-electron chi connectivity index (χ4n) is 2.50. The molecule has 1 aliphatic heterocycles. The molecule has 0 aromatic carbocycles. The van der Waals surface area contributed by atoms with Gasteiger partial charge in [-0.2, -0.15) is 0 Å². The molecule has 3 rings (SSSR count). The molecule has 0 unspecified atom stereocenters. The molecule has 2 aromatic rings. The largest absolute Gasteiger partial charge is 0.395 e. The highest BCUT2D eigenvalue weighted by atomic mass is 32.1. The molecule has 5 nitrogen and oxygen atoms in total. The van der Waals surface area contributed by atoms with E-state index >= 15 is 0 Å². The lowest BCUT2D eigenvalue weighted by Gasteiger charge is -2.21. The van der Waals surface area contributed by atoms with Crippen molar-refractivity contribution in [2.75, 3.05) is 13.2 Å². The average molecular weight is 265 g/mol. The van der Waals surface area contributed by atoms with Gasteiger partial charge in [0.2, 0.25) is 0 Å². The summed E-state index contributed by atoms with van der Waals surface area (Å²) in [5.41, 5.74) is 0.697. The summed E-state index contributed by atoms with van der Waals surface area (Å²) in [4.78, 5) is 21.3. The number of thiophene rings is 1. The quantitative estimate of drug-likeness (QED) is 0.866. The van der Waals surface area contributed by atoms with Gasteiger partial charge in [-0.25, -0.2) is 4.98 Å². The number of nitrogens with one attached hydrogen (secondary N) is 1. The van der Waals surface area contributed by atoms with Crippen LogP contribution in [0.2, 0.25) is 0 Å². The smallest absolute Gasteiger partial charge is 0.268 e. The van der Waals surface area contributed by atoms with Gasteiger partial charge < -0.3 is 10.1 Å². The maximum atomic E-state index is 11.8. The summed E-state index contributed by atoms with van der Waals surface area (Å²) < 4.78 is 0.680. The Bertz CT molecular complexity index is 607. The van der Waals surface area contributed by atoms with Crippen LogP contribution in [-0.2, 0) is 6.54 Å². The van der Waals surface area contributed by atoms with Gasteiger partial charge in [-0.05, 0) is 30.8 Å². The second-order valence-electron chi connectivity index (χ2n) is 4.60. The van der Waals surface area contributed by atoms with E-state index in [9.17, 15) is 9.90 Å². The summed E-state index contributed by atoms with van der Waals surface area (Å²) >= 11 is 1.41. The summed E-state index contributed by atoms with van der Waals surface area (Å²) in [5.74, 6) is 0.686. The molecular formula is C12H15N3O2S. The SMILES string of the molecule is O=c1[nH]c(CN2CCC[C@@H]2CO)nc2ccsc12. The maximum Gasteiger partial charge on any atom is 0.268 e. The van der Waals surface area contributed by atoms with E-state index in [1.165, 1.54) is 11.3 Å². The zero-order chi connectivity index (χ0) is 12.5. The Labute approximate surface area is 108 Å². The molecule has 6 heteroatoms. The fraction of sp³-hybridized carbons (Fsp3) is 0.500. The molecule has 0 saturated carbocycles. The molecule has 96 valence electrons. The average Bonchev–Trinajstić information content (AvgIpc) is 2.97. The number of likely N-dealkylation sites (tertiary alicyclic amines) is 1. The number of rotatable bonds is 3. The van der Waals surface area contributed by atoms with E-state index < -0.39 is 0 Å². The first-order valence-electron chi connectivity index (χ1n) is 6.09. The van der Waals surface area contributed by atoms with Gasteiger partial charge in [-0.1, -0.05) is 0 Å². The minimum Gasteiger partial charge on any atom is -0.395 e. The van der Waals surface area contributed by atoms with Crippen molar-refractivity contribution in [2.45, 2.75) is 25.4 Å². The lowest BCUT2D eigenvalue weighted by Crippen LogP contribution is -2.32. The van der Waals surface area contributed by atoms with Crippen molar-refractivity contribution in [1.29, 1.82) is 0 Å². The first kappa shape index (κ1) is 11.8. The molecule has 1 aliphatic rings. The van der Waals surface area contributed by atoms with Crippen LogP contribution < -0.4 is 5.56 Å². The maximum absolute atomic E-state index is 11.8. The number of fused-ring (bicyclic) bond motifs is 1. The van der Waals surface area contributed by atoms with Gasteiger partial charge in [0.15, 0.2) is 0 Å². The van der Waals surface area contributed by atoms with Gasteiger partial charge in [0.25, 0.3) is 5.56 Å². The number of hydrogen-bond donors (Lipinski definition) is 2. The summed E-state index contributed by atoms with van der Waals surface area (Å²) in [7, 11) is 0. The second kappa shape index (κ2) is 4.79. The summed E-state index contributed by atoms with van der Waals surface area (Å²) in [6.07, 6.45) is 2.11. The van der Waals surface area contributed by atoms with Crippen LogP contribution in [0.4, 0.5) is 0 Å². The van der Waals surface area contributed by atoms with Gasteiger partial charge in [0, 0.05) is 6.04 Å². The minimum atomic E-state index is -0.0651. The number of hydrogen-bond acceptors (Lipinski definition) is 5. The minimum absolute atomic E-state index is 0.0651. The second-order valence-corrected chi connectivity index (χ2v) is 5.51. The number of aromatic amines is 1. The normalized spacial score (nSPS) is 20.8. The van der Waals surface area contributed by atoms with Crippen molar-refractivity contribution in [2.24, 2.45) is 0 Å². The van der Waals surface area contributed by atoms with Crippen LogP contribution in [0.1, 0.15) is 18.7 Å². The molecule has 18 heavy (non-hydrogen) atoms. The molecule has 1 atom stereocenters. The van der Waals surface area contributed by atoms with Crippen molar-refractivity contribution in [3.05, 3.63) is 27.6 Å². The van der Waals surface area contributed by atoms with E-state index in [1.54, 1.807) is 0 Å². The first-order chi connectivity index (χ1) is 8.78. The highest BCUT2D eigenvalue weighted by Gasteiger charge is 2.24. The Balaban J connectivity index is 1.88. The Morgan fingerprint density at radius 1 is 1.61 bits per heavy atom. The summed E-state index contributed by atoms with van der Waals surface area (Å²) in [6, 6.07) is 2.07. The molecule has 1 fully saturated rings. The topological polar surface area (TPSA) is 69.2 Å². The lowest BCUT2D eigenvalue weighted by atomic mass is 10.2. The number of aromatic nitrogens is 2. The fourth-order valence-corrected chi connectivity index (χ4v) is 3.22. The predicted octanol–water partition coefficient (Wildman–Crippen LogP) is 0.941. The number of aliphatic hydroxyl groups is 1. The van der Waals surface area contributed by atoms with E-state index in [2.05, 4.69) is 14.9 Å². The summed E-state index contributed by atoms with van der Waals surface area (Å²) in [5, 5.41) is 11.2. The van der Waals surface area contributed by atoms with E-state index in [4.69, 9.17) is 0 Å². The van der Waals surface area contributed by atoms with Gasteiger partial charge in [-0.3, -0.25) is 9.69 Å². The van der Waals surface area contributed by atoms with Crippen molar-refractivity contribution in [3.8, 4) is 0 Å². The summed E-state index contributed by atoms with van der Waals surface area (Å²) in [6.45, 7) is 1.73. The van der Waals surface area contributed by atoms with Gasteiger partial charge in [0.05, 0.1) is 18.7 Å². The van der Waals surface area contributed by atoms with Crippen molar-refractivity contribution in [1.82, 2.24) is 14.9 Å². The van der Waals surface area contributed by atoms with Crippen molar-refractivity contribution >= 4 is 21.6 Å². The van der Waals surface area contributed by atoms with Crippen LogP contribution in [0.5, 0.6) is 0 Å². The van der Waals surface area contributed by atoms with E-state index in [-0.39, 0.29) is 18.2 Å². The third-order valence-electron chi connectivity index (χ3n) is 3.43. The molecule has 3 heterocycles. The standard InChI is InChI=1S/C12H15N3O2S/c16-7-8-2-1-4-15(8)6-10-13-9-3-5-18-11(9)12(17)14-10/h3,5,8,16H,1-2,4,6-7H2,(H,13,14,17)/t8-/m1/s1. The third-order valence-corrected chi connectivity index (χ3v) is 4.33. The van der Waals surface area contributed by atoms with E-state index in [0.29, 0.717) is 17.1 Å². The Kier molecular flexibility index (Phi) is 3.15. The highest BCUT2D eigenvalue weighted by molar-refractivity contribution is 7.17. The molecular weight excluding hydrogens is 250 g/mol. The van der Waals surface area contributed by atoms with Gasteiger partial charge in [0.1, 0.15) is 10.5 Å². The zero-order valence-electron chi connectivity index (χ0n) is 9.93. The van der Waals surface area contributed by atoms with Crippen LogP contribution in [0.25, 0.3) is 10.2 Å². The lowest BCUT2D eigenvalue weighted by molar-refractivity contribution is 0.151. The van der Waals surface area contributed by atoms with Crippen LogP contribution in [0.15, 0.2) is 16.2 Å². The number of nitrogens with zero attached hydrogens (tertiary/aromatic N) is 2. The van der Waals surface area contributed by atoms with Crippen LogP contribution in [0, 0.1) is 0 Å². The van der Waals surface area contributed by atoms with Crippen LogP contribution in [-0.4, -0.2) is 39.2 Å². The highest BCUT2D eigenvalue weighted by Crippen LogP contribution is 2.19. The molecule has 0 aliphatic carbocycles. The molecule has 0 bridgehead atoms.